The van der Waals surface area contributed by atoms with Gasteiger partial charge in [0.15, 0.2) is 5.69 Å². The van der Waals surface area contributed by atoms with Crippen molar-refractivity contribution in [1.82, 2.24) is 4.98 Å². The normalized spacial score (nSPS) is 10.1. The molecule has 0 radical (unpaired) electrons. The number of hydrogen-bond acceptors (Lipinski definition) is 4. The van der Waals surface area contributed by atoms with Crippen LogP contribution in [0.5, 0.6) is 5.75 Å². The fourth-order valence-electron chi connectivity index (χ4n) is 1.24. The highest BCUT2D eigenvalue weighted by atomic mass is 32.1. The second kappa shape index (κ2) is 4.32. The van der Waals surface area contributed by atoms with E-state index in [1.54, 1.807) is 7.11 Å². The number of aromatic nitrogens is 1. The average Bonchev–Trinajstić information content (AvgIpc) is 2.78. The van der Waals surface area contributed by atoms with Gasteiger partial charge in [-0.1, -0.05) is 0 Å². The van der Waals surface area contributed by atoms with Crippen LogP contribution in [0, 0.1) is 0 Å². The van der Waals surface area contributed by atoms with Crippen molar-refractivity contribution in [2.24, 2.45) is 0 Å². The lowest BCUT2D eigenvalue weighted by molar-refractivity contribution is 0.0691. The van der Waals surface area contributed by atoms with Gasteiger partial charge in [-0.25, -0.2) is 9.78 Å². The first-order chi connectivity index (χ1) is 7.70. The highest BCUT2D eigenvalue weighted by molar-refractivity contribution is 7.13. The molecule has 0 spiro atoms. The Balaban J connectivity index is 2.31. The summed E-state index contributed by atoms with van der Waals surface area (Å²) in [4.78, 5) is 14.7. The molecule has 0 bridgehead atoms. The highest BCUT2D eigenvalue weighted by Gasteiger charge is 2.09. The first-order valence-electron chi connectivity index (χ1n) is 4.54. The van der Waals surface area contributed by atoms with E-state index in [1.807, 2.05) is 24.3 Å². The lowest BCUT2D eigenvalue weighted by atomic mass is 10.2. The van der Waals surface area contributed by atoms with Crippen LogP contribution in [0.1, 0.15) is 10.5 Å². The zero-order valence-electron chi connectivity index (χ0n) is 8.51. The number of carboxylic acids is 1. The van der Waals surface area contributed by atoms with Gasteiger partial charge in [0, 0.05) is 10.9 Å². The highest BCUT2D eigenvalue weighted by Crippen LogP contribution is 2.25. The summed E-state index contributed by atoms with van der Waals surface area (Å²) in [5.74, 6) is -0.241. The van der Waals surface area contributed by atoms with Crippen LogP contribution in [0.4, 0.5) is 0 Å². The first kappa shape index (κ1) is 10.6. The molecular weight excluding hydrogens is 226 g/mol. The first-order valence-corrected chi connectivity index (χ1v) is 5.42. The zero-order chi connectivity index (χ0) is 11.5. The molecule has 0 unspecified atom stereocenters. The summed E-state index contributed by atoms with van der Waals surface area (Å²) in [6.07, 6.45) is 0. The molecule has 0 aliphatic rings. The van der Waals surface area contributed by atoms with Gasteiger partial charge in [0.2, 0.25) is 0 Å². The molecule has 82 valence electrons. The van der Waals surface area contributed by atoms with Gasteiger partial charge >= 0.3 is 5.97 Å². The van der Waals surface area contributed by atoms with Crippen molar-refractivity contribution in [2.45, 2.75) is 0 Å². The van der Waals surface area contributed by atoms with Crippen molar-refractivity contribution in [3.63, 3.8) is 0 Å². The van der Waals surface area contributed by atoms with Crippen LogP contribution in [0.15, 0.2) is 29.6 Å². The standard InChI is InChI=1S/C11H9NO3S/c1-15-8-4-2-7(3-5-8)10-12-9(6-16-10)11(13)14/h2-6H,1H3,(H,13,14). The molecule has 0 aliphatic carbocycles. The van der Waals surface area contributed by atoms with Gasteiger partial charge in [-0.3, -0.25) is 0 Å². The Morgan fingerprint density at radius 3 is 2.56 bits per heavy atom. The van der Waals surface area contributed by atoms with Crippen molar-refractivity contribution in [2.75, 3.05) is 7.11 Å². The Labute approximate surface area is 96.1 Å². The maximum absolute atomic E-state index is 10.7. The van der Waals surface area contributed by atoms with E-state index in [-0.39, 0.29) is 5.69 Å². The number of nitrogens with zero attached hydrogens (tertiary/aromatic N) is 1. The zero-order valence-corrected chi connectivity index (χ0v) is 9.32. The van der Waals surface area contributed by atoms with Crippen LogP contribution in [-0.4, -0.2) is 23.2 Å². The Hall–Kier alpha value is -1.88. The lowest BCUT2D eigenvalue weighted by Crippen LogP contribution is -1.95. The van der Waals surface area contributed by atoms with Crippen molar-refractivity contribution in [3.8, 4) is 16.3 Å². The molecule has 4 nitrogen and oxygen atoms in total. The second-order valence-electron chi connectivity index (χ2n) is 3.07. The number of hydrogen-bond donors (Lipinski definition) is 1. The monoisotopic (exact) mass is 235 g/mol. The summed E-state index contributed by atoms with van der Waals surface area (Å²) in [5, 5.41) is 11.0. The SMILES string of the molecule is COc1ccc(-c2nc(C(=O)O)cs2)cc1. The Bertz CT molecular complexity index is 504. The third kappa shape index (κ3) is 2.04. The fraction of sp³-hybridized carbons (Fsp3) is 0.0909. The van der Waals surface area contributed by atoms with Crippen LogP contribution >= 0.6 is 11.3 Å². The number of benzene rings is 1. The Morgan fingerprint density at radius 1 is 1.38 bits per heavy atom. The van der Waals surface area contributed by atoms with E-state index in [2.05, 4.69) is 4.98 Å². The van der Waals surface area contributed by atoms with E-state index in [0.29, 0.717) is 5.01 Å². The van der Waals surface area contributed by atoms with E-state index in [1.165, 1.54) is 16.7 Å². The predicted octanol–water partition coefficient (Wildman–Crippen LogP) is 2.52. The third-order valence-electron chi connectivity index (χ3n) is 2.06. The van der Waals surface area contributed by atoms with E-state index in [9.17, 15) is 4.79 Å². The number of thiazole rings is 1. The molecule has 16 heavy (non-hydrogen) atoms. The van der Waals surface area contributed by atoms with Crippen LogP contribution in [0.25, 0.3) is 10.6 Å². The summed E-state index contributed by atoms with van der Waals surface area (Å²) in [6, 6.07) is 7.33. The maximum atomic E-state index is 10.7. The molecule has 1 N–H and O–H groups in total. The van der Waals surface area contributed by atoms with Crippen LogP contribution < -0.4 is 4.74 Å². The molecule has 0 atom stereocenters. The smallest absolute Gasteiger partial charge is 0.355 e. The van der Waals surface area contributed by atoms with Gasteiger partial charge < -0.3 is 9.84 Å². The molecule has 0 saturated heterocycles. The van der Waals surface area contributed by atoms with Crippen LogP contribution in [0.3, 0.4) is 0 Å². The summed E-state index contributed by atoms with van der Waals surface area (Å²) >= 11 is 1.31. The van der Waals surface area contributed by atoms with Crippen molar-refractivity contribution in [3.05, 3.63) is 35.3 Å². The van der Waals surface area contributed by atoms with Crippen molar-refractivity contribution >= 4 is 17.3 Å². The summed E-state index contributed by atoms with van der Waals surface area (Å²) in [6.45, 7) is 0. The summed E-state index contributed by atoms with van der Waals surface area (Å²) in [7, 11) is 1.60. The largest absolute Gasteiger partial charge is 0.497 e. The molecule has 1 heterocycles. The molecular formula is C11H9NO3S. The molecule has 0 saturated carbocycles. The van der Waals surface area contributed by atoms with E-state index in [0.717, 1.165) is 11.3 Å². The quantitative estimate of drug-likeness (QED) is 0.888. The van der Waals surface area contributed by atoms with Gasteiger partial charge in [0.05, 0.1) is 7.11 Å². The van der Waals surface area contributed by atoms with Gasteiger partial charge in [-0.2, -0.15) is 0 Å². The molecule has 2 aromatic rings. The number of ether oxygens (including phenoxy) is 1. The topological polar surface area (TPSA) is 59.4 Å². The summed E-state index contributed by atoms with van der Waals surface area (Å²) in [5.41, 5.74) is 0.967. The van der Waals surface area contributed by atoms with E-state index < -0.39 is 5.97 Å². The minimum Gasteiger partial charge on any atom is -0.497 e. The summed E-state index contributed by atoms with van der Waals surface area (Å²) < 4.78 is 5.04. The predicted molar refractivity (Wildman–Crippen MR) is 61.1 cm³/mol. The minimum absolute atomic E-state index is 0.0795. The van der Waals surface area contributed by atoms with Gasteiger partial charge in [0.1, 0.15) is 10.8 Å². The van der Waals surface area contributed by atoms with Gasteiger partial charge in [-0.15, -0.1) is 11.3 Å². The Morgan fingerprint density at radius 2 is 2.06 bits per heavy atom. The van der Waals surface area contributed by atoms with E-state index >= 15 is 0 Å². The minimum atomic E-state index is -1.00. The van der Waals surface area contributed by atoms with Crippen molar-refractivity contribution in [1.29, 1.82) is 0 Å². The number of carboxylic acid groups (broad SMARTS) is 1. The molecule has 1 aromatic heterocycles. The number of rotatable bonds is 3. The third-order valence-corrected chi connectivity index (χ3v) is 2.95. The average molecular weight is 235 g/mol. The molecule has 0 aliphatic heterocycles. The van der Waals surface area contributed by atoms with Crippen LogP contribution in [0.2, 0.25) is 0 Å². The van der Waals surface area contributed by atoms with Crippen molar-refractivity contribution < 1.29 is 14.6 Å². The molecule has 1 aromatic carbocycles. The maximum Gasteiger partial charge on any atom is 0.355 e. The lowest BCUT2D eigenvalue weighted by Gasteiger charge is -1.99. The van der Waals surface area contributed by atoms with Gasteiger partial charge in [0.25, 0.3) is 0 Å². The molecule has 0 amide bonds. The fourth-order valence-corrected chi connectivity index (χ4v) is 2.04. The van der Waals surface area contributed by atoms with Gasteiger partial charge in [-0.05, 0) is 24.3 Å². The van der Waals surface area contributed by atoms with Crippen LogP contribution in [-0.2, 0) is 0 Å². The molecule has 2 rings (SSSR count). The number of methoxy groups -OCH3 is 1. The number of aromatic carboxylic acids is 1. The Kier molecular flexibility index (Phi) is 2.87. The molecule has 0 fully saturated rings. The number of carbonyl (C=O) groups is 1. The second-order valence-corrected chi connectivity index (χ2v) is 3.93. The van der Waals surface area contributed by atoms with E-state index in [4.69, 9.17) is 9.84 Å². The molecule has 5 heteroatoms.